The van der Waals surface area contributed by atoms with Crippen molar-refractivity contribution in [3.8, 4) is 5.75 Å². The Bertz CT molecular complexity index is 533. The first kappa shape index (κ1) is 14.1. The van der Waals surface area contributed by atoms with Gasteiger partial charge in [-0.25, -0.2) is 4.98 Å². The molecule has 106 valence electrons. The second-order valence-electron chi connectivity index (χ2n) is 4.97. The Labute approximate surface area is 118 Å². The number of hydrogen-bond acceptors (Lipinski definition) is 3. The number of imidazole rings is 1. The number of nitrogens with one attached hydrogen (secondary N) is 2. The Morgan fingerprint density at radius 1 is 1.35 bits per heavy atom. The maximum Gasteiger partial charge on any atom is 0.287 e. The minimum absolute atomic E-state index is 0.213. The van der Waals surface area contributed by atoms with Gasteiger partial charge in [0.25, 0.3) is 5.91 Å². The van der Waals surface area contributed by atoms with E-state index in [0.29, 0.717) is 24.9 Å². The van der Waals surface area contributed by atoms with E-state index in [1.165, 1.54) is 0 Å². The molecule has 2 N–H and O–H groups in total. The molecule has 2 rings (SSSR count). The van der Waals surface area contributed by atoms with Crippen molar-refractivity contribution in [1.29, 1.82) is 0 Å². The Kier molecular flexibility index (Phi) is 4.76. The molecular formula is C15H19N3O2. The lowest BCUT2D eigenvalue weighted by molar-refractivity contribution is 0.0941. The number of H-pyrrole nitrogens is 1. The highest BCUT2D eigenvalue weighted by molar-refractivity contribution is 5.90. The van der Waals surface area contributed by atoms with Crippen LogP contribution in [0.1, 0.15) is 30.0 Å². The topological polar surface area (TPSA) is 67.0 Å². The van der Waals surface area contributed by atoms with Crippen molar-refractivity contribution in [2.75, 3.05) is 6.61 Å². The van der Waals surface area contributed by atoms with Gasteiger partial charge in [0, 0.05) is 18.9 Å². The third-order valence-electron chi connectivity index (χ3n) is 2.67. The smallest absolute Gasteiger partial charge is 0.287 e. The summed E-state index contributed by atoms with van der Waals surface area (Å²) in [6.45, 7) is 5.38. The van der Waals surface area contributed by atoms with Crippen molar-refractivity contribution in [2.24, 2.45) is 5.92 Å². The molecule has 5 heteroatoms. The summed E-state index contributed by atoms with van der Waals surface area (Å²) in [4.78, 5) is 18.4. The highest BCUT2D eigenvalue weighted by atomic mass is 16.5. The molecule has 0 radical (unpaired) electrons. The Hall–Kier alpha value is -2.30. The molecule has 2 aromatic rings. The fourth-order valence-electron chi connectivity index (χ4n) is 1.62. The summed E-state index contributed by atoms with van der Waals surface area (Å²) in [5.41, 5.74) is 1.02. The maximum absolute atomic E-state index is 11.7. The van der Waals surface area contributed by atoms with Crippen LogP contribution in [0.2, 0.25) is 0 Å². The van der Waals surface area contributed by atoms with Crippen LogP contribution in [-0.4, -0.2) is 22.5 Å². The number of carbonyl (C=O) groups is 1. The van der Waals surface area contributed by atoms with Crippen LogP contribution in [0.25, 0.3) is 0 Å². The predicted molar refractivity (Wildman–Crippen MR) is 76.5 cm³/mol. The molecule has 0 fully saturated rings. The van der Waals surface area contributed by atoms with Crippen LogP contribution in [0.15, 0.2) is 36.7 Å². The van der Waals surface area contributed by atoms with Gasteiger partial charge in [-0.2, -0.15) is 0 Å². The van der Waals surface area contributed by atoms with Crippen molar-refractivity contribution in [3.63, 3.8) is 0 Å². The maximum atomic E-state index is 11.7. The van der Waals surface area contributed by atoms with Gasteiger partial charge in [0.1, 0.15) is 5.75 Å². The standard InChI is InChI=1S/C15H19N3O2/c1-11(2)10-20-13-5-3-12(4-6-13)9-18-15(19)14-16-7-8-17-14/h3-8,11H,9-10H2,1-2H3,(H,16,17)(H,18,19). The number of amides is 1. The third kappa shape index (κ3) is 4.12. The fourth-order valence-corrected chi connectivity index (χ4v) is 1.62. The van der Waals surface area contributed by atoms with Crippen molar-refractivity contribution in [1.82, 2.24) is 15.3 Å². The predicted octanol–water partition coefficient (Wildman–Crippen LogP) is 2.37. The molecule has 0 saturated carbocycles. The molecule has 0 saturated heterocycles. The molecule has 0 bridgehead atoms. The van der Waals surface area contributed by atoms with Crippen LogP contribution >= 0.6 is 0 Å². The molecule has 1 heterocycles. The molecule has 1 aromatic heterocycles. The molecule has 0 aliphatic heterocycles. The summed E-state index contributed by atoms with van der Waals surface area (Å²) >= 11 is 0. The first-order valence-electron chi connectivity index (χ1n) is 6.64. The molecule has 0 atom stereocenters. The van der Waals surface area contributed by atoms with E-state index in [-0.39, 0.29) is 5.91 Å². The van der Waals surface area contributed by atoms with Crippen molar-refractivity contribution >= 4 is 5.91 Å². The summed E-state index contributed by atoms with van der Waals surface area (Å²) < 4.78 is 5.60. The largest absolute Gasteiger partial charge is 0.493 e. The molecule has 1 amide bonds. The molecule has 0 spiro atoms. The zero-order valence-electron chi connectivity index (χ0n) is 11.7. The van der Waals surface area contributed by atoms with E-state index in [1.54, 1.807) is 12.4 Å². The number of aromatic amines is 1. The van der Waals surface area contributed by atoms with Crippen LogP contribution in [0.3, 0.4) is 0 Å². The van der Waals surface area contributed by atoms with Crippen molar-refractivity contribution in [2.45, 2.75) is 20.4 Å². The second-order valence-corrected chi connectivity index (χ2v) is 4.97. The SMILES string of the molecule is CC(C)COc1ccc(CNC(=O)c2ncc[nH]2)cc1. The molecule has 0 aliphatic rings. The van der Waals surface area contributed by atoms with Gasteiger partial charge in [-0.15, -0.1) is 0 Å². The summed E-state index contributed by atoms with van der Waals surface area (Å²) in [6.07, 6.45) is 3.17. The Morgan fingerprint density at radius 2 is 2.10 bits per heavy atom. The third-order valence-corrected chi connectivity index (χ3v) is 2.67. The second kappa shape index (κ2) is 6.75. The van der Waals surface area contributed by atoms with E-state index in [4.69, 9.17) is 4.74 Å². The van der Waals surface area contributed by atoms with Gasteiger partial charge < -0.3 is 15.0 Å². The number of carbonyl (C=O) groups excluding carboxylic acids is 1. The van der Waals surface area contributed by atoms with E-state index in [9.17, 15) is 4.79 Å². The zero-order chi connectivity index (χ0) is 14.4. The molecule has 1 aromatic carbocycles. The molecule has 5 nitrogen and oxygen atoms in total. The number of benzene rings is 1. The number of nitrogens with zero attached hydrogens (tertiary/aromatic N) is 1. The van der Waals surface area contributed by atoms with E-state index in [1.807, 2.05) is 24.3 Å². The normalized spacial score (nSPS) is 10.6. The van der Waals surface area contributed by atoms with Gasteiger partial charge >= 0.3 is 0 Å². The van der Waals surface area contributed by atoms with Crippen molar-refractivity contribution in [3.05, 3.63) is 48.0 Å². The average Bonchev–Trinajstić information content (AvgIpc) is 2.98. The van der Waals surface area contributed by atoms with Gasteiger partial charge in [-0.1, -0.05) is 26.0 Å². The first-order chi connectivity index (χ1) is 9.65. The quantitative estimate of drug-likeness (QED) is 0.849. The van der Waals surface area contributed by atoms with Crippen LogP contribution in [0.4, 0.5) is 0 Å². The van der Waals surface area contributed by atoms with E-state index in [0.717, 1.165) is 11.3 Å². The minimum atomic E-state index is -0.213. The van der Waals surface area contributed by atoms with Gasteiger partial charge in [-0.3, -0.25) is 4.79 Å². The van der Waals surface area contributed by atoms with Gasteiger partial charge in [0.2, 0.25) is 0 Å². The Morgan fingerprint density at radius 3 is 2.70 bits per heavy atom. The average molecular weight is 273 g/mol. The summed E-state index contributed by atoms with van der Waals surface area (Å²) in [5.74, 6) is 1.46. The van der Waals surface area contributed by atoms with Crippen LogP contribution in [0, 0.1) is 5.92 Å². The lowest BCUT2D eigenvalue weighted by Crippen LogP contribution is -2.23. The monoisotopic (exact) mass is 273 g/mol. The number of ether oxygens (including phenoxy) is 1. The lowest BCUT2D eigenvalue weighted by Gasteiger charge is -2.09. The first-order valence-corrected chi connectivity index (χ1v) is 6.64. The zero-order valence-corrected chi connectivity index (χ0v) is 11.7. The van der Waals surface area contributed by atoms with Gasteiger partial charge in [0.05, 0.1) is 6.61 Å². The molecule has 0 aliphatic carbocycles. The number of rotatable bonds is 6. The Balaban J connectivity index is 1.83. The molecule has 0 unspecified atom stereocenters. The summed E-state index contributed by atoms with van der Waals surface area (Å²) in [5, 5.41) is 2.80. The van der Waals surface area contributed by atoms with Crippen LogP contribution in [0.5, 0.6) is 5.75 Å². The van der Waals surface area contributed by atoms with Crippen LogP contribution in [-0.2, 0) is 6.54 Å². The molecule has 20 heavy (non-hydrogen) atoms. The van der Waals surface area contributed by atoms with Gasteiger partial charge in [0.15, 0.2) is 5.82 Å². The van der Waals surface area contributed by atoms with E-state index >= 15 is 0 Å². The number of aromatic nitrogens is 2. The van der Waals surface area contributed by atoms with E-state index < -0.39 is 0 Å². The lowest BCUT2D eigenvalue weighted by atomic mass is 10.2. The highest BCUT2D eigenvalue weighted by Gasteiger charge is 2.06. The fraction of sp³-hybridized carbons (Fsp3) is 0.333. The van der Waals surface area contributed by atoms with Gasteiger partial charge in [-0.05, 0) is 23.6 Å². The van der Waals surface area contributed by atoms with Crippen LogP contribution < -0.4 is 10.1 Å². The van der Waals surface area contributed by atoms with Crippen molar-refractivity contribution < 1.29 is 9.53 Å². The van der Waals surface area contributed by atoms with E-state index in [2.05, 4.69) is 29.1 Å². The summed E-state index contributed by atoms with van der Waals surface area (Å²) in [6, 6.07) is 7.71. The number of hydrogen-bond donors (Lipinski definition) is 2. The molecular weight excluding hydrogens is 254 g/mol. The minimum Gasteiger partial charge on any atom is -0.493 e. The highest BCUT2D eigenvalue weighted by Crippen LogP contribution is 2.13. The summed E-state index contributed by atoms with van der Waals surface area (Å²) in [7, 11) is 0.